The first kappa shape index (κ1) is 13.8. The fourth-order valence-electron chi connectivity index (χ4n) is 2.87. The predicted molar refractivity (Wildman–Crippen MR) is 71.5 cm³/mol. The standard InChI is InChI=1S/C14H26N2O2/c1-11-12(2)16(9-8-15-11)14(17)7-6-13-5-3-4-10-18-13/h11-13,15H,3-10H2,1-2H3. The maximum atomic E-state index is 12.2. The molecule has 2 heterocycles. The molecule has 0 aliphatic carbocycles. The third-order valence-electron chi connectivity index (χ3n) is 4.31. The minimum absolute atomic E-state index is 0.296. The Morgan fingerprint density at radius 1 is 1.39 bits per heavy atom. The Bertz CT molecular complexity index is 277. The third kappa shape index (κ3) is 3.45. The Hall–Kier alpha value is -0.610. The molecule has 1 amide bonds. The van der Waals surface area contributed by atoms with Crippen LogP contribution in [0, 0.1) is 0 Å². The first-order chi connectivity index (χ1) is 8.68. The van der Waals surface area contributed by atoms with Gasteiger partial charge in [-0.05, 0) is 39.5 Å². The van der Waals surface area contributed by atoms with E-state index in [1.165, 1.54) is 12.8 Å². The van der Waals surface area contributed by atoms with Crippen molar-refractivity contribution in [2.75, 3.05) is 19.7 Å². The zero-order valence-corrected chi connectivity index (χ0v) is 11.7. The number of nitrogens with zero attached hydrogens (tertiary/aromatic N) is 1. The molecule has 2 aliphatic heterocycles. The third-order valence-corrected chi connectivity index (χ3v) is 4.31. The van der Waals surface area contributed by atoms with Gasteiger partial charge in [0, 0.05) is 38.2 Å². The summed E-state index contributed by atoms with van der Waals surface area (Å²) in [6.07, 6.45) is 5.40. The van der Waals surface area contributed by atoms with Crippen LogP contribution >= 0.6 is 0 Å². The van der Waals surface area contributed by atoms with Gasteiger partial charge in [0.15, 0.2) is 0 Å². The van der Waals surface area contributed by atoms with Crippen LogP contribution in [0.15, 0.2) is 0 Å². The Balaban J connectivity index is 1.76. The van der Waals surface area contributed by atoms with Gasteiger partial charge in [0.05, 0.1) is 6.10 Å². The fourth-order valence-corrected chi connectivity index (χ4v) is 2.87. The highest BCUT2D eigenvalue weighted by Crippen LogP contribution is 2.18. The van der Waals surface area contributed by atoms with Gasteiger partial charge < -0.3 is 15.0 Å². The average Bonchev–Trinajstić information content (AvgIpc) is 2.40. The van der Waals surface area contributed by atoms with Gasteiger partial charge in [0.2, 0.25) is 5.91 Å². The first-order valence-electron chi connectivity index (χ1n) is 7.33. The maximum Gasteiger partial charge on any atom is 0.223 e. The van der Waals surface area contributed by atoms with Crippen LogP contribution in [0.3, 0.4) is 0 Å². The van der Waals surface area contributed by atoms with E-state index in [0.29, 0.717) is 30.5 Å². The summed E-state index contributed by atoms with van der Waals surface area (Å²) in [5, 5.41) is 3.40. The van der Waals surface area contributed by atoms with Crippen molar-refractivity contribution < 1.29 is 9.53 Å². The summed E-state index contributed by atoms with van der Waals surface area (Å²) in [5.74, 6) is 0.296. The SMILES string of the molecule is CC1NCCN(C(=O)CCC2CCCCO2)C1C. The van der Waals surface area contributed by atoms with Crippen molar-refractivity contribution in [3.8, 4) is 0 Å². The lowest BCUT2D eigenvalue weighted by Gasteiger charge is -2.39. The van der Waals surface area contributed by atoms with Crippen molar-refractivity contribution in [2.24, 2.45) is 0 Å². The second-order valence-corrected chi connectivity index (χ2v) is 5.60. The second-order valence-electron chi connectivity index (χ2n) is 5.60. The van der Waals surface area contributed by atoms with Crippen LogP contribution in [-0.4, -0.2) is 48.7 Å². The summed E-state index contributed by atoms with van der Waals surface area (Å²) in [7, 11) is 0. The molecule has 18 heavy (non-hydrogen) atoms. The maximum absolute atomic E-state index is 12.2. The zero-order valence-electron chi connectivity index (χ0n) is 11.7. The van der Waals surface area contributed by atoms with Gasteiger partial charge in [-0.25, -0.2) is 0 Å². The topological polar surface area (TPSA) is 41.6 Å². The van der Waals surface area contributed by atoms with E-state index in [9.17, 15) is 4.79 Å². The van der Waals surface area contributed by atoms with E-state index in [0.717, 1.165) is 32.5 Å². The number of ether oxygens (including phenoxy) is 1. The van der Waals surface area contributed by atoms with Crippen molar-refractivity contribution in [1.82, 2.24) is 10.2 Å². The van der Waals surface area contributed by atoms with Crippen molar-refractivity contribution >= 4 is 5.91 Å². The molecule has 2 saturated heterocycles. The molecule has 3 unspecified atom stereocenters. The first-order valence-corrected chi connectivity index (χ1v) is 7.33. The van der Waals surface area contributed by atoms with E-state index in [4.69, 9.17) is 4.74 Å². The van der Waals surface area contributed by atoms with E-state index in [-0.39, 0.29) is 0 Å². The number of nitrogens with one attached hydrogen (secondary N) is 1. The van der Waals surface area contributed by atoms with Crippen LogP contribution in [0.25, 0.3) is 0 Å². The molecule has 0 spiro atoms. The Morgan fingerprint density at radius 3 is 2.94 bits per heavy atom. The van der Waals surface area contributed by atoms with Gasteiger partial charge >= 0.3 is 0 Å². The van der Waals surface area contributed by atoms with Crippen molar-refractivity contribution in [1.29, 1.82) is 0 Å². The fraction of sp³-hybridized carbons (Fsp3) is 0.929. The molecular weight excluding hydrogens is 228 g/mol. The Labute approximate surface area is 110 Å². The Morgan fingerprint density at radius 2 is 2.22 bits per heavy atom. The van der Waals surface area contributed by atoms with Crippen LogP contribution in [0.4, 0.5) is 0 Å². The molecular formula is C14H26N2O2. The summed E-state index contributed by atoms with van der Waals surface area (Å²) >= 11 is 0. The molecule has 4 nitrogen and oxygen atoms in total. The van der Waals surface area contributed by atoms with Gasteiger partial charge in [-0.3, -0.25) is 4.79 Å². The van der Waals surface area contributed by atoms with Gasteiger partial charge in [-0.15, -0.1) is 0 Å². The minimum atomic E-state index is 0.296. The number of rotatable bonds is 3. The van der Waals surface area contributed by atoms with Crippen molar-refractivity contribution in [3.63, 3.8) is 0 Å². The molecule has 1 N–H and O–H groups in total. The van der Waals surface area contributed by atoms with E-state index in [1.54, 1.807) is 0 Å². The summed E-state index contributed by atoms with van der Waals surface area (Å²) in [4.78, 5) is 14.3. The number of hydrogen-bond acceptors (Lipinski definition) is 3. The highest BCUT2D eigenvalue weighted by molar-refractivity contribution is 5.76. The van der Waals surface area contributed by atoms with Crippen molar-refractivity contribution in [2.45, 2.75) is 64.1 Å². The lowest BCUT2D eigenvalue weighted by molar-refractivity contribution is -0.135. The molecule has 3 atom stereocenters. The number of hydrogen-bond donors (Lipinski definition) is 1. The van der Waals surface area contributed by atoms with Gasteiger partial charge in [0.25, 0.3) is 0 Å². The van der Waals surface area contributed by atoms with Gasteiger partial charge in [-0.1, -0.05) is 0 Å². The van der Waals surface area contributed by atoms with Crippen LogP contribution in [-0.2, 0) is 9.53 Å². The van der Waals surface area contributed by atoms with Crippen LogP contribution in [0.5, 0.6) is 0 Å². The monoisotopic (exact) mass is 254 g/mol. The van der Waals surface area contributed by atoms with Gasteiger partial charge in [0.1, 0.15) is 0 Å². The molecule has 0 saturated carbocycles. The predicted octanol–water partition coefficient (Wildman–Crippen LogP) is 1.54. The highest BCUT2D eigenvalue weighted by Gasteiger charge is 2.28. The van der Waals surface area contributed by atoms with E-state index in [1.807, 2.05) is 4.90 Å². The van der Waals surface area contributed by atoms with Crippen LogP contribution in [0.2, 0.25) is 0 Å². The van der Waals surface area contributed by atoms with Crippen molar-refractivity contribution in [3.05, 3.63) is 0 Å². The number of piperazine rings is 1. The number of carbonyl (C=O) groups excluding carboxylic acids is 1. The molecule has 0 bridgehead atoms. The summed E-state index contributed by atoms with van der Waals surface area (Å²) in [6, 6.07) is 0.701. The van der Waals surface area contributed by atoms with E-state index < -0.39 is 0 Å². The van der Waals surface area contributed by atoms with Gasteiger partial charge in [-0.2, -0.15) is 0 Å². The lowest BCUT2D eigenvalue weighted by Crippen LogP contribution is -2.57. The highest BCUT2D eigenvalue weighted by atomic mass is 16.5. The molecule has 0 aromatic heterocycles. The zero-order chi connectivity index (χ0) is 13.0. The second kappa shape index (κ2) is 6.53. The molecule has 2 fully saturated rings. The molecule has 0 aromatic rings. The van der Waals surface area contributed by atoms with Crippen LogP contribution < -0.4 is 5.32 Å². The number of carbonyl (C=O) groups is 1. The summed E-state index contributed by atoms with van der Waals surface area (Å²) < 4.78 is 5.68. The number of amides is 1. The molecule has 0 aromatic carbocycles. The molecule has 104 valence electrons. The minimum Gasteiger partial charge on any atom is -0.378 e. The normalized spacial score (nSPS) is 33.4. The molecule has 2 rings (SSSR count). The molecule has 0 radical (unpaired) electrons. The average molecular weight is 254 g/mol. The summed E-state index contributed by atoms with van der Waals surface area (Å²) in [5.41, 5.74) is 0. The Kier molecular flexibility index (Phi) is 5.01. The quantitative estimate of drug-likeness (QED) is 0.831. The largest absolute Gasteiger partial charge is 0.378 e. The van der Waals surface area contributed by atoms with Crippen LogP contribution in [0.1, 0.15) is 46.0 Å². The molecule has 2 aliphatic rings. The van der Waals surface area contributed by atoms with E-state index >= 15 is 0 Å². The smallest absolute Gasteiger partial charge is 0.223 e. The lowest BCUT2D eigenvalue weighted by atomic mass is 10.0. The molecule has 4 heteroatoms. The van der Waals surface area contributed by atoms with E-state index in [2.05, 4.69) is 19.2 Å². The summed E-state index contributed by atoms with van der Waals surface area (Å²) in [6.45, 7) is 6.91.